The SMILES string of the molecule is COc1ccc(Cl)cc1NC(=S)/N=C(/Nc1nc(C)cc(C)n1)N1CCN(C(=O)C2COc3ccccc3O2)CC1. The number of para-hydroxylation sites is 2. The number of carbonyl (C=O) groups is 1. The van der Waals surface area contributed by atoms with E-state index >= 15 is 0 Å². The average Bonchev–Trinajstić information content (AvgIpc) is 2.96. The van der Waals surface area contributed by atoms with Crippen LogP contribution in [0.5, 0.6) is 17.2 Å². The molecule has 41 heavy (non-hydrogen) atoms. The lowest BCUT2D eigenvalue weighted by atomic mass is 10.2. The van der Waals surface area contributed by atoms with Gasteiger partial charge in [-0.2, -0.15) is 4.99 Å². The van der Waals surface area contributed by atoms with E-state index in [4.69, 9.17) is 38.0 Å². The molecule has 1 aromatic heterocycles. The van der Waals surface area contributed by atoms with E-state index in [2.05, 4.69) is 25.6 Å². The van der Waals surface area contributed by atoms with Gasteiger partial charge in [0.1, 0.15) is 12.4 Å². The lowest BCUT2D eigenvalue weighted by Gasteiger charge is -2.38. The maximum absolute atomic E-state index is 13.3. The van der Waals surface area contributed by atoms with Gasteiger partial charge >= 0.3 is 0 Å². The van der Waals surface area contributed by atoms with Gasteiger partial charge in [-0.05, 0) is 62.5 Å². The summed E-state index contributed by atoms with van der Waals surface area (Å²) in [7, 11) is 1.56. The molecule has 5 rings (SSSR count). The normalized spacial score (nSPS) is 16.7. The van der Waals surface area contributed by atoms with E-state index in [9.17, 15) is 4.79 Å². The largest absolute Gasteiger partial charge is 0.495 e. The molecule has 1 amide bonds. The third kappa shape index (κ3) is 6.95. The number of guanidine groups is 1. The van der Waals surface area contributed by atoms with Crippen LogP contribution in [-0.2, 0) is 4.79 Å². The molecule has 0 bridgehead atoms. The predicted molar refractivity (Wildman–Crippen MR) is 161 cm³/mol. The second kappa shape index (κ2) is 12.6. The third-order valence-electron chi connectivity index (χ3n) is 6.49. The van der Waals surface area contributed by atoms with Gasteiger partial charge < -0.3 is 29.3 Å². The molecule has 1 atom stereocenters. The molecule has 3 heterocycles. The number of carbonyl (C=O) groups excluding carboxylic acids is 1. The van der Waals surface area contributed by atoms with Gasteiger partial charge in [-0.3, -0.25) is 10.1 Å². The monoisotopic (exact) mass is 595 g/mol. The van der Waals surface area contributed by atoms with Crippen molar-refractivity contribution in [3.63, 3.8) is 0 Å². The van der Waals surface area contributed by atoms with Gasteiger partial charge in [0, 0.05) is 42.6 Å². The number of amides is 1. The molecule has 11 nitrogen and oxygen atoms in total. The van der Waals surface area contributed by atoms with Crippen LogP contribution in [0.1, 0.15) is 11.4 Å². The van der Waals surface area contributed by atoms with Crippen molar-refractivity contribution in [2.45, 2.75) is 20.0 Å². The lowest BCUT2D eigenvalue weighted by molar-refractivity contribution is -0.142. The minimum Gasteiger partial charge on any atom is -0.495 e. The van der Waals surface area contributed by atoms with Crippen molar-refractivity contribution < 1.29 is 19.0 Å². The molecule has 2 aliphatic heterocycles. The summed E-state index contributed by atoms with van der Waals surface area (Å²) in [5, 5.41) is 7.03. The van der Waals surface area contributed by atoms with Gasteiger partial charge in [0.05, 0.1) is 12.8 Å². The van der Waals surface area contributed by atoms with Crippen LogP contribution in [-0.4, -0.2) is 82.7 Å². The zero-order chi connectivity index (χ0) is 28.9. The summed E-state index contributed by atoms with van der Waals surface area (Å²) in [6.45, 7) is 5.86. The number of anilines is 2. The first-order valence-electron chi connectivity index (χ1n) is 13.0. The zero-order valence-electron chi connectivity index (χ0n) is 22.9. The Hall–Kier alpha value is -4.16. The molecular formula is C28H30ClN7O4S. The number of benzene rings is 2. The number of hydrogen-bond acceptors (Lipinski definition) is 7. The molecule has 13 heteroatoms. The highest BCUT2D eigenvalue weighted by atomic mass is 35.5. The maximum atomic E-state index is 13.3. The third-order valence-corrected chi connectivity index (χ3v) is 6.92. The molecule has 2 N–H and O–H groups in total. The number of nitrogens with one attached hydrogen (secondary N) is 2. The van der Waals surface area contributed by atoms with Crippen molar-refractivity contribution in [3.05, 3.63) is 64.9 Å². The van der Waals surface area contributed by atoms with Crippen LogP contribution in [0.3, 0.4) is 0 Å². The molecule has 2 aliphatic rings. The summed E-state index contributed by atoms with van der Waals surface area (Å²) in [5.41, 5.74) is 2.22. The van der Waals surface area contributed by atoms with E-state index in [0.717, 1.165) is 11.4 Å². The van der Waals surface area contributed by atoms with Crippen LogP contribution in [0.4, 0.5) is 11.6 Å². The summed E-state index contributed by atoms with van der Waals surface area (Å²) in [5.74, 6) is 2.51. The van der Waals surface area contributed by atoms with Crippen molar-refractivity contribution in [3.8, 4) is 17.2 Å². The fraction of sp³-hybridized carbons (Fsp3) is 0.321. The fourth-order valence-corrected chi connectivity index (χ4v) is 4.93. The average molecular weight is 596 g/mol. The molecule has 0 radical (unpaired) electrons. The Bertz CT molecular complexity index is 1460. The zero-order valence-corrected chi connectivity index (χ0v) is 24.5. The van der Waals surface area contributed by atoms with Gasteiger partial charge in [0.25, 0.3) is 5.91 Å². The molecule has 3 aromatic rings. The molecular weight excluding hydrogens is 566 g/mol. The highest BCUT2D eigenvalue weighted by Gasteiger charge is 2.33. The van der Waals surface area contributed by atoms with Gasteiger partial charge in [-0.25, -0.2) is 9.97 Å². The first-order chi connectivity index (χ1) is 19.8. The minimum absolute atomic E-state index is 0.117. The number of methoxy groups -OCH3 is 1. The molecule has 0 aliphatic carbocycles. The number of thiocarbonyl (C=S) groups is 1. The summed E-state index contributed by atoms with van der Waals surface area (Å²) < 4.78 is 17.1. The first kappa shape index (κ1) is 28.4. The smallest absolute Gasteiger partial charge is 0.267 e. The summed E-state index contributed by atoms with van der Waals surface area (Å²) >= 11 is 11.8. The van der Waals surface area contributed by atoms with Crippen molar-refractivity contribution in [2.75, 3.05) is 50.5 Å². The topological polar surface area (TPSA) is 113 Å². The van der Waals surface area contributed by atoms with Crippen LogP contribution in [0, 0.1) is 13.8 Å². The molecule has 0 saturated carbocycles. The second-order valence-electron chi connectivity index (χ2n) is 9.49. The van der Waals surface area contributed by atoms with E-state index in [1.54, 1.807) is 36.3 Å². The number of rotatable bonds is 4. The number of aliphatic imine (C=N–C) groups is 1. The fourth-order valence-electron chi connectivity index (χ4n) is 4.56. The molecule has 1 saturated heterocycles. The standard InChI is InChI=1S/C28H30ClN7O4S/c1-17-14-18(2)31-26(30-17)33-27(34-28(41)32-20-15-19(29)8-9-21(20)38-3)36-12-10-35(11-13-36)25(37)24-16-39-22-6-4-5-7-23(22)40-24/h4-9,14-15,24H,10-13,16H2,1-3H3,(H2,30,31,32,33,34,41). The highest BCUT2D eigenvalue weighted by Crippen LogP contribution is 2.31. The molecule has 2 aromatic carbocycles. The quantitative estimate of drug-likeness (QED) is 0.261. The summed E-state index contributed by atoms with van der Waals surface area (Å²) in [4.78, 5) is 30.7. The van der Waals surface area contributed by atoms with E-state index < -0.39 is 6.10 Å². The van der Waals surface area contributed by atoms with Crippen molar-refractivity contribution >= 4 is 52.4 Å². The number of nitrogens with zero attached hydrogens (tertiary/aromatic N) is 5. The van der Waals surface area contributed by atoms with Crippen LogP contribution in [0.2, 0.25) is 5.02 Å². The van der Waals surface area contributed by atoms with Gasteiger partial charge in [0.15, 0.2) is 11.5 Å². The van der Waals surface area contributed by atoms with Crippen LogP contribution < -0.4 is 24.8 Å². The highest BCUT2D eigenvalue weighted by molar-refractivity contribution is 7.80. The Kier molecular flexibility index (Phi) is 8.70. The van der Waals surface area contributed by atoms with E-state index in [1.165, 1.54) is 0 Å². The number of halogens is 1. The number of aromatic nitrogens is 2. The molecule has 0 spiro atoms. The van der Waals surface area contributed by atoms with E-state index in [1.807, 2.05) is 43.0 Å². The van der Waals surface area contributed by atoms with Gasteiger partial charge in [0.2, 0.25) is 23.1 Å². The second-order valence-corrected chi connectivity index (χ2v) is 10.3. The Balaban J connectivity index is 1.30. The van der Waals surface area contributed by atoms with Crippen LogP contribution in [0.25, 0.3) is 0 Å². The predicted octanol–water partition coefficient (Wildman–Crippen LogP) is 3.90. The molecule has 1 fully saturated rings. The Morgan fingerprint density at radius 3 is 2.41 bits per heavy atom. The van der Waals surface area contributed by atoms with Gasteiger partial charge in [-0.1, -0.05) is 23.7 Å². The Morgan fingerprint density at radius 2 is 1.71 bits per heavy atom. The van der Waals surface area contributed by atoms with Crippen LogP contribution >= 0.6 is 23.8 Å². The Labute approximate surface area is 248 Å². The lowest BCUT2D eigenvalue weighted by Crippen LogP contribution is -2.56. The number of hydrogen-bond donors (Lipinski definition) is 2. The summed E-state index contributed by atoms with van der Waals surface area (Å²) in [6, 6.07) is 14.4. The maximum Gasteiger partial charge on any atom is 0.267 e. The number of aryl methyl sites for hydroxylation is 2. The van der Waals surface area contributed by atoms with E-state index in [0.29, 0.717) is 66.0 Å². The number of fused-ring (bicyclic) bond motifs is 1. The summed E-state index contributed by atoms with van der Waals surface area (Å²) in [6.07, 6.45) is -0.698. The van der Waals surface area contributed by atoms with Crippen molar-refractivity contribution in [2.24, 2.45) is 4.99 Å². The van der Waals surface area contributed by atoms with Crippen molar-refractivity contribution in [1.29, 1.82) is 0 Å². The Morgan fingerprint density at radius 1 is 1.02 bits per heavy atom. The molecule has 1 unspecified atom stereocenters. The number of piperazine rings is 1. The van der Waals surface area contributed by atoms with E-state index in [-0.39, 0.29) is 17.6 Å². The first-order valence-corrected chi connectivity index (χ1v) is 13.8. The minimum atomic E-state index is -0.698. The van der Waals surface area contributed by atoms with Gasteiger partial charge in [-0.15, -0.1) is 0 Å². The number of ether oxygens (including phenoxy) is 3. The van der Waals surface area contributed by atoms with Crippen molar-refractivity contribution in [1.82, 2.24) is 19.8 Å². The van der Waals surface area contributed by atoms with Crippen LogP contribution in [0.15, 0.2) is 53.5 Å². The molecule has 214 valence electrons.